The van der Waals surface area contributed by atoms with Gasteiger partial charge in [-0.15, -0.1) is 22.7 Å². The van der Waals surface area contributed by atoms with E-state index in [-0.39, 0.29) is 0 Å². The van der Waals surface area contributed by atoms with Crippen molar-refractivity contribution in [2.24, 2.45) is 0 Å². The van der Waals surface area contributed by atoms with Crippen LogP contribution in [0.4, 0.5) is 0 Å². The second-order valence-corrected chi connectivity index (χ2v) is 7.64. The Morgan fingerprint density at radius 2 is 2.00 bits per heavy atom. The van der Waals surface area contributed by atoms with Crippen molar-refractivity contribution in [3.05, 3.63) is 57.2 Å². The molecular formula is C16H9ClN2S3. The summed E-state index contributed by atoms with van der Waals surface area (Å²) in [5, 5.41) is 8.64. The fourth-order valence-electron chi connectivity index (χ4n) is 2.04. The van der Waals surface area contributed by atoms with E-state index in [0.717, 1.165) is 31.5 Å². The van der Waals surface area contributed by atoms with Crippen LogP contribution in [0.1, 0.15) is 10.7 Å². The number of para-hydroxylation sites is 1. The third-order valence-corrected chi connectivity index (χ3v) is 6.13. The minimum absolute atomic E-state index is 0.628. The van der Waals surface area contributed by atoms with Gasteiger partial charge in [-0.3, -0.25) is 0 Å². The highest BCUT2D eigenvalue weighted by atomic mass is 35.5. The molecule has 0 bridgehead atoms. The van der Waals surface area contributed by atoms with Crippen LogP contribution in [-0.4, -0.2) is 9.97 Å². The number of thiophene rings is 1. The highest BCUT2D eigenvalue weighted by molar-refractivity contribution is 7.20. The topological polar surface area (TPSA) is 25.8 Å². The third-order valence-electron chi connectivity index (χ3n) is 3.06. The molecule has 108 valence electrons. The molecule has 0 amide bonds. The summed E-state index contributed by atoms with van der Waals surface area (Å²) in [5.74, 6) is 0. The standard InChI is InChI=1S/C16H9ClN2S3/c17-12(16-19-13-3-1-2-4-14(13)22-16)7-11-9-21-15(18-11)10-5-6-20-8-10/h1-9H. The molecule has 0 unspecified atom stereocenters. The molecule has 3 heterocycles. The summed E-state index contributed by atoms with van der Waals surface area (Å²) >= 11 is 11.3. The molecule has 0 N–H and O–H groups in total. The Labute approximate surface area is 144 Å². The van der Waals surface area contributed by atoms with Crippen LogP contribution in [0.5, 0.6) is 0 Å². The fourth-order valence-corrected chi connectivity index (χ4v) is 4.67. The molecule has 22 heavy (non-hydrogen) atoms. The highest BCUT2D eigenvalue weighted by Gasteiger charge is 2.09. The minimum Gasteiger partial charge on any atom is -0.237 e. The first kappa shape index (κ1) is 14.1. The second-order valence-electron chi connectivity index (χ2n) is 4.57. The Morgan fingerprint density at radius 3 is 2.82 bits per heavy atom. The van der Waals surface area contributed by atoms with E-state index < -0.39 is 0 Å². The van der Waals surface area contributed by atoms with Gasteiger partial charge in [0.1, 0.15) is 10.0 Å². The number of fused-ring (bicyclic) bond motifs is 1. The van der Waals surface area contributed by atoms with E-state index in [1.54, 1.807) is 34.0 Å². The number of thiazole rings is 2. The lowest BCUT2D eigenvalue weighted by Gasteiger charge is -1.91. The highest BCUT2D eigenvalue weighted by Crippen LogP contribution is 2.32. The number of aromatic nitrogens is 2. The molecule has 0 aliphatic rings. The molecule has 4 rings (SSSR count). The summed E-state index contributed by atoms with van der Waals surface area (Å²) in [5.41, 5.74) is 3.01. The molecular weight excluding hydrogens is 352 g/mol. The molecule has 0 saturated carbocycles. The largest absolute Gasteiger partial charge is 0.237 e. The van der Waals surface area contributed by atoms with E-state index >= 15 is 0 Å². The quantitative estimate of drug-likeness (QED) is 0.433. The van der Waals surface area contributed by atoms with Crippen LogP contribution >= 0.6 is 45.6 Å². The van der Waals surface area contributed by atoms with Crippen molar-refractivity contribution in [3.8, 4) is 10.6 Å². The number of benzene rings is 1. The molecule has 2 nitrogen and oxygen atoms in total. The molecule has 0 fully saturated rings. The van der Waals surface area contributed by atoms with Crippen molar-refractivity contribution in [3.63, 3.8) is 0 Å². The number of rotatable bonds is 3. The summed E-state index contributed by atoms with van der Waals surface area (Å²) in [6.45, 7) is 0. The Bertz CT molecular complexity index is 918. The molecule has 0 aliphatic heterocycles. The minimum atomic E-state index is 0.628. The normalized spacial score (nSPS) is 12.1. The monoisotopic (exact) mass is 360 g/mol. The van der Waals surface area contributed by atoms with Crippen LogP contribution in [0.15, 0.2) is 46.5 Å². The summed E-state index contributed by atoms with van der Waals surface area (Å²) in [7, 11) is 0. The van der Waals surface area contributed by atoms with Crippen molar-refractivity contribution in [1.82, 2.24) is 9.97 Å². The molecule has 3 aromatic heterocycles. The van der Waals surface area contributed by atoms with Crippen LogP contribution < -0.4 is 0 Å². The Kier molecular flexibility index (Phi) is 3.80. The summed E-state index contributed by atoms with van der Waals surface area (Å²) < 4.78 is 1.14. The van der Waals surface area contributed by atoms with Gasteiger partial charge in [-0.2, -0.15) is 11.3 Å². The van der Waals surface area contributed by atoms with Gasteiger partial charge in [0.15, 0.2) is 0 Å². The first-order valence-electron chi connectivity index (χ1n) is 6.51. The molecule has 6 heteroatoms. The maximum absolute atomic E-state index is 6.42. The summed E-state index contributed by atoms with van der Waals surface area (Å²) in [6.07, 6.45) is 1.88. The lowest BCUT2D eigenvalue weighted by Crippen LogP contribution is -1.77. The Hall–Kier alpha value is -1.53. The number of hydrogen-bond acceptors (Lipinski definition) is 5. The zero-order chi connectivity index (χ0) is 14.9. The van der Waals surface area contributed by atoms with Gasteiger partial charge in [-0.25, -0.2) is 9.97 Å². The zero-order valence-corrected chi connectivity index (χ0v) is 14.4. The predicted octanol–water partition coefficient (Wildman–Crippen LogP) is 6.22. The van der Waals surface area contributed by atoms with E-state index in [2.05, 4.69) is 32.9 Å². The first-order valence-corrected chi connectivity index (χ1v) is 9.52. The van der Waals surface area contributed by atoms with Gasteiger partial charge in [-0.1, -0.05) is 23.7 Å². The van der Waals surface area contributed by atoms with Gasteiger partial charge in [0.2, 0.25) is 0 Å². The molecule has 0 saturated heterocycles. The number of nitrogens with zero attached hydrogens (tertiary/aromatic N) is 2. The smallest absolute Gasteiger partial charge is 0.136 e. The van der Waals surface area contributed by atoms with Gasteiger partial charge < -0.3 is 0 Å². The van der Waals surface area contributed by atoms with E-state index in [1.807, 2.05) is 29.7 Å². The van der Waals surface area contributed by atoms with Gasteiger partial charge in [0.25, 0.3) is 0 Å². The fraction of sp³-hybridized carbons (Fsp3) is 0. The van der Waals surface area contributed by atoms with Crippen LogP contribution in [0, 0.1) is 0 Å². The molecule has 0 radical (unpaired) electrons. The van der Waals surface area contributed by atoms with E-state index in [9.17, 15) is 0 Å². The predicted molar refractivity (Wildman–Crippen MR) is 98.8 cm³/mol. The molecule has 0 aliphatic carbocycles. The SMILES string of the molecule is ClC(=Cc1csc(-c2ccsc2)n1)c1nc2ccccc2s1. The average molecular weight is 361 g/mol. The van der Waals surface area contributed by atoms with E-state index in [1.165, 1.54) is 0 Å². The first-order chi connectivity index (χ1) is 10.8. The van der Waals surface area contributed by atoms with Gasteiger partial charge >= 0.3 is 0 Å². The summed E-state index contributed by atoms with van der Waals surface area (Å²) in [4.78, 5) is 9.17. The third kappa shape index (κ3) is 2.73. The molecule has 4 aromatic rings. The van der Waals surface area contributed by atoms with Gasteiger partial charge in [-0.05, 0) is 29.7 Å². The van der Waals surface area contributed by atoms with Crippen molar-refractivity contribution in [2.45, 2.75) is 0 Å². The van der Waals surface area contributed by atoms with E-state index in [4.69, 9.17) is 11.6 Å². The summed E-state index contributed by atoms with van der Waals surface area (Å²) in [6, 6.07) is 10.1. The van der Waals surface area contributed by atoms with Crippen LogP contribution in [-0.2, 0) is 0 Å². The molecule has 1 aromatic carbocycles. The number of hydrogen-bond donors (Lipinski definition) is 0. The van der Waals surface area contributed by atoms with Crippen molar-refractivity contribution < 1.29 is 0 Å². The maximum Gasteiger partial charge on any atom is 0.136 e. The Morgan fingerprint density at radius 1 is 1.09 bits per heavy atom. The van der Waals surface area contributed by atoms with Crippen molar-refractivity contribution in [2.75, 3.05) is 0 Å². The van der Waals surface area contributed by atoms with Gasteiger partial charge in [0.05, 0.1) is 20.9 Å². The maximum atomic E-state index is 6.42. The lowest BCUT2D eigenvalue weighted by atomic mass is 10.3. The second kappa shape index (κ2) is 5.93. The molecule has 0 atom stereocenters. The average Bonchev–Trinajstić information content (AvgIpc) is 3.26. The molecule has 0 spiro atoms. The lowest BCUT2D eigenvalue weighted by molar-refractivity contribution is 1.38. The van der Waals surface area contributed by atoms with Crippen LogP contribution in [0.2, 0.25) is 0 Å². The Balaban J connectivity index is 1.67. The van der Waals surface area contributed by atoms with Crippen LogP contribution in [0.3, 0.4) is 0 Å². The number of halogens is 1. The van der Waals surface area contributed by atoms with Crippen molar-refractivity contribution in [1.29, 1.82) is 0 Å². The zero-order valence-electron chi connectivity index (χ0n) is 11.2. The van der Waals surface area contributed by atoms with Crippen LogP contribution in [0.25, 0.3) is 31.9 Å². The van der Waals surface area contributed by atoms with E-state index in [0.29, 0.717) is 5.03 Å². The van der Waals surface area contributed by atoms with Gasteiger partial charge in [0, 0.05) is 16.3 Å². The van der Waals surface area contributed by atoms with Crippen molar-refractivity contribution >= 4 is 66.9 Å².